The van der Waals surface area contributed by atoms with E-state index in [4.69, 9.17) is 5.73 Å². The minimum absolute atomic E-state index is 0.0387. The predicted octanol–water partition coefficient (Wildman–Crippen LogP) is 3.87. The van der Waals surface area contributed by atoms with Gasteiger partial charge in [-0.1, -0.05) is 25.0 Å². The van der Waals surface area contributed by atoms with Crippen LogP contribution < -0.4 is 5.73 Å². The first kappa shape index (κ1) is 15.0. The third-order valence-corrected chi connectivity index (χ3v) is 5.87. The van der Waals surface area contributed by atoms with E-state index in [0.29, 0.717) is 11.5 Å². The molecule has 2 fully saturated rings. The average molecular weight is 290 g/mol. The Morgan fingerprint density at radius 2 is 1.62 bits per heavy atom. The largest absolute Gasteiger partial charge is 0.323 e. The van der Waals surface area contributed by atoms with E-state index in [-0.39, 0.29) is 11.9 Å². The van der Waals surface area contributed by atoms with E-state index >= 15 is 0 Å². The molecule has 21 heavy (non-hydrogen) atoms. The van der Waals surface area contributed by atoms with Crippen molar-refractivity contribution in [3.05, 3.63) is 35.6 Å². The zero-order chi connectivity index (χ0) is 14.9. The lowest BCUT2D eigenvalue weighted by Crippen LogP contribution is -2.47. The summed E-state index contributed by atoms with van der Waals surface area (Å²) in [4.78, 5) is 2.53. The highest BCUT2D eigenvalue weighted by atomic mass is 19.1. The lowest BCUT2D eigenvalue weighted by atomic mass is 9.76. The van der Waals surface area contributed by atoms with Crippen LogP contribution in [-0.4, -0.2) is 24.0 Å². The Kier molecular flexibility index (Phi) is 4.32. The average Bonchev–Trinajstić information content (AvgIpc) is 2.96. The van der Waals surface area contributed by atoms with Crippen LogP contribution in [0.1, 0.15) is 57.1 Å². The second-order valence-electron chi connectivity index (χ2n) is 7.06. The molecule has 0 bridgehead atoms. The minimum Gasteiger partial charge on any atom is -0.323 e. The van der Waals surface area contributed by atoms with Crippen molar-refractivity contribution < 1.29 is 4.39 Å². The van der Waals surface area contributed by atoms with E-state index in [9.17, 15) is 4.39 Å². The normalized spacial score (nSPS) is 25.1. The summed E-state index contributed by atoms with van der Waals surface area (Å²) in [6.45, 7) is 4.53. The monoisotopic (exact) mass is 290 g/mol. The van der Waals surface area contributed by atoms with Gasteiger partial charge in [0.15, 0.2) is 0 Å². The van der Waals surface area contributed by atoms with Crippen molar-refractivity contribution in [2.45, 2.75) is 57.5 Å². The first-order chi connectivity index (χ1) is 10.1. The number of nitrogens with two attached hydrogens (primary N) is 1. The van der Waals surface area contributed by atoms with Gasteiger partial charge in [-0.25, -0.2) is 4.39 Å². The van der Waals surface area contributed by atoms with Crippen LogP contribution >= 0.6 is 0 Å². The van der Waals surface area contributed by atoms with Crippen LogP contribution in [0, 0.1) is 11.2 Å². The summed E-state index contributed by atoms with van der Waals surface area (Å²) in [5.41, 5.74) is 8.08. The number of benzene rings is 1. The molecule has 0 radical (unpaired) electrons. The first-order valence-corrected chi connectivity index (χ1v) is 8.35. The second-order valence-corrected chi connectivity index (χ2v) is 7.06. The predicted molar refractivity (Wildman–Crippen MR) is 84.5 cm³/mol. The Morgan fingerprint density at radius 3 is 2.19 bits per heavy atom. The van der Waals surface area contributed by atoms with Crippen molar-refractivity contribution in [3.8, 4) is 0 Å². The van der Waals surface area contributed by atoms with Crippen LogP contribution in [0.15, 0.2) is 24.3 Å². The summed E-state index contributed by atoms with van der Waals surface area (Å²) in [6.07, 6.45) is 8.36. The molecule has 2 aliphatic rings. The molecule has 2 atom stereocenters. The molecule has 1 aliphatic heterocycles. The number of hydrogen-bond donors (Lipinski definition) is 1. The quantitative estimate of drug-likeness (QED) is 0.915. The Morgan fingerprint density at radius 1 is 1.05 bits per heavy atom. The molecule has 1 aliphatic carbocycles. The molecule has 1 spiro atoms. The maximum absolute atomic E-state index is 13.0. The van der Waals surface area contributed by atoms with E-state index in [1.807, 2.05) is 12.1 Å². The standard InChI is InChI=1S/C18H27FN2/c1-14(17(20)15-4-6-16(19)7-5-15)21-12-10-18(11-13-21)8-2-3-9-18/h4-7,14,17H,2-3,8-13,20H2,1H3. The second kappa shape index (κ2) is 6.05. The van der Waals surface area contributed by atoms with Gasteiger partial charge >= 0.3 is 0 Å². The summed E-state index contributed by atoms with van der Waals surface area (Å²) in [6, 6.07) is 6.92. The van der Waals surface area contributed by atoms with Gasteiger partial charge in [0.05, 0.1) is 0 Å². The third kappa shape index (κ3) is 3.14. The van der Waals surface area contributed by atoms with Crippen molar-refractivity contribution in [1.82, 2.24) is 4.90 Å². The molecule has 1 aromatic carbocycles. The molecule has 3 heteroatoms. The molecule has 1 heterocycles. The van der Waals surface area contributed by atoms with Crippen molar-refractivity contribution >= 4 is 0 Å². The van der Waals surface area contributed by atoms with E-state index < -0.39 is 0 Å². The number of piperidine rings is 1. The molecule has 2 N–H and O–H groups in total. The molecule has 1 saturated heterocycles. The number of likely N-dealkylation sites (tertiary alicyclic amines) is 1. The van der Waals surface area contributed by atoms with Gasteiger partial charge in [-0.15, -0.1) is 0 Å². The van der Waals surface area contributed by atoms with E-state index in [2.05, 4.69) is 11.8 Å². The first-order valence-electron chi connectivity index (χ1n) is 8.35. The van der Waals surface area contributed by atoms with Crippen molar-refractivity contribution in [2.75, 3.05) is 13.1 Å². The molecule has 2 unspecified atom stereocenters. The molecule has 3 rings (SSSR count). The van der Waals surface area contributed by atoms with Crippen molar-refractivity contribution in [2.24, 2.45) is 11.1 Å². The highest BCUT2D eigenvalue weighted by Gasteiger charge is 2.38. The molecule has 1 aromatic rings. The number of hydrogen-bond acceptors (Lipinski definition) is 2. The van der Waals surface area contributed by atoms with Gasteiger partial charge in [-0.3, -0.25) is 4.90 Å². The topological polar surface area (TPSA) is 29.3 Å². The third-order valence-electron chi connectivity index (χ3n) is 5.87. The number of nitrogens with zero attached hydrogens (tertiary/aromatic N) is 1. The fourth-order valence-electron chi connectivity index (χ4n) is 4.22. The van der Waals surface area contributed by atoms with E-state index in [1.165, 1.54) is 50.7 Å². The summed E-state index contributed by atoms with van der Waals surface area (Å²) in [5, 5.41) is 0. The van der Waals surface area contributed by atoms with Gasteiger partial charge in [0, 0.05) is 12.1 Å². The van der Waals surface area contributed by atoms with Crippen molar-refractivity contribution in [1.29, 1.82) is 0 Å². The molecule has 116 valence electrons. The molecule has 2 nitrogen and oxygen atoms in total. The smallest absolute Gasteiger partial charge is 0.123 e. The lowest BCUT2D eigenvalue weighted by molar-refractivity contribution is 0.0725. The van der Waals surface area contributed by atoms with Crippen LogP contribution in [0.5, 0.6) is 0 Å². The minimum atomic E-state index is -0.195. The van der Waals surface area contributed by atoms with E-state index in [1.54, 1.807) is 0 Å². The Bertz CT molecular complexity index is 455. The Balaban J connectivity index is 1.60. The van der Waals surface area contributed by atoms with Gasteiger partial charge in [0.2, 0.25) is 0 Å². The summed E-state index contributed by atoms with van der Waals surface area (Å²) < 4.78 is 13.0. The highest BCUT2D eigenvalue weighted by molar-refractivity contribution is 5.21. The fourth-order valence-corrected chi connectivity index (χ4v) is 4.22. The van der Waals surface area contributed by atoms with Crippen LogP contribution in [-0.2, 0) is 0 Å². The van der Waals surface area contributed by atoms with Gasteiger partial charge < -0.3 is 5.73 Å². The maximum Gasteiger partial charge on any atom is 0.123 e. The van der Waals surface area contributed by atoms with Gasteiger partial charge in [0.25, 0.3) is 0 Å². The van der Waals surface area contributed by atoms with Crippen LogP contribution in [0.2, 0.25) is 0 Å². The zero-order valence-electron chi connectivity index (χ0n) is 13.0. The van der Waals surface area contributed by atoms with Gasteiger partial charge in [0.1, 0.15) is 5.82 Å². The summed E-state index contributed by atoms with van der Waals surface area (Å²) >= 11 is 0. The van der Waals surface area contributed by atoms with Crippen LogP contribution in [0.3, 0.4) is 0 Å². The Hall–Kier alpha value is -0.930. The molecule has 0 aromatic heterocycles. The molecule has 0 amide bonds. The SMILES string of the molecule is CC(C(N)c1ccc(F)cc1)N1CCC2(CCCC2)CC1. The van der Waals surface area contributed by atoms with Gasteiger partial charge in [-0.05, 0) is 68.8 Å². The number of halogens is 1. The molecule has 1 saturated carbocycles. The lowest BCUT2D eigenvalue weighted by Gasteiger charge is -2.43. The van der Waals surface area contributed by atoms with E-state index in [0.717, 1.165) is 18.7 Å². The maximum atomic E-state index is 13.0. The fraction of sp³-hybridized carbons (Fsp3) is 0.667. The van der Waals surface area contributed by atoms with Gasteiger partial charge in [-0.2, -0.15) is 0 Å². The highest BCUT2D eigenvalue weighted by Crippen LogP contribution is 2.46. The summed E-state index contributed by atoms with van der Waals surface area (Å²) in [5.74, 6) is -0.195. The zero-order valence-corrected chi connectivity index (χ0v) is 13.0. The van der Waals surface area contributed by atoms with Crippen LogP contribution in [0.25, 0.3) is 0 Å². The van der Waals surface area contributed by atoms with Crippen molar-refractivity contribution in [3.63, 3.8) is 0 Å². The van der Waals surface area contributed by atoms with Crippen LogP contribution in [0.4, 0.5) is 4.39 Å². The number of rotatable bonds is 3. The Labute approximate surface area is 127 Å². The molecular weight excluding hydrogens is 263 g/mol. The molecular formula is C18H27FN2. The summed E-state index contributed by atoms with van der Waals surface area (Å²) in [7, 11) is 0.